The summed E-state index contributed by atoms with van der Waals surface area (Å²) >= 11 is 0. The zero-order chi connectivity index (χ0) is 14.3. The standard InChI is InChI=1S/C14H16F3NO/c1-10-8-9-18(13(10,2)14(15,16)17)12(19)11-6-4-3-5-7-11/h3-7,10H,8-9H2,1-2H3/t10-,13-/m0/s1. The molecule has 0 aromatic heterocycles. The van der Waals surface area contributed by atoms with Crippen LogP contribution in [0.15, 0.2) is 30.3 Å². The van der Waals surface area contributed by atoms with Gasteiger partial charge in [0.15, 0.2) is 0 Å². The van der Waals surface area contributed by atoms with E-state index in [1.54, 1.807) is 37.3 Å². The highest BCUT2D eigenvalue weighted by Gasteiger charge is 2.62. The highest BCUT2D eigenvalue weighted by atomic mass is 19.4. The third-order valence-corrected chi connectivity index (χ3v) is 4.15. The van der Waals surface area contributed by atoms with Crippen LogP contribution in [0.5, 0.6) is 0 Å². The lowest BCUT2D eigenvalue weighted by Crippen LogP contribution is -2.57. The summed E-state index contributed by atoms with van der Waals surface area (Å²) < 4.78 is 40.0. The normalized spacial score (nSPS) is 27.6. The fraction of sp³-hybridized carbons (Fsp3) is 0.500. The number of benzene rings is 1. The molecule has 1 heterocycles. The highest BCUT2D eigenvalue weighted by Crippen LogP contribution is 2.46. The van der Waals surface area contributed by atoms with E-state index >= 15 is 0 Å². The zero-order valence-corrected chi connectivity index (χ0v) is 10.9. The average molecular weight is 271 g/mol. The van der Waals surface area contributed by atoms with Gasteiger partial charge in [-0.15, -0.1) is 0 Å². The Balaban J connectivity index is 2.37. The van der Waals surface area contributed by atoms with Crippen molar-refractivity contribution in [2.24, 2.45) is 5.92 Å². The summed E-state index contributed by atoms with van der Waals surface area (Å²) in [6.07, 6.45) is -4.05. The van der Waals surface area contributed by atoms with Crippen molar-refractivity contribution in [3.8, 4) is 0 Å². The van der Waals surface area contributed by atoms with E-state index in [2.05, 4.69) is 0 Å². The predicted molar refractivity (Wildman–Crippen MR) is 65.7 cm³/mol. The lowest BCUT2D eigenvalue weighted by atomic mass is 9.87. The van der Waals surface area contributed by atoms with Gasteiger partial charge in [0.25, 0.3) is 5.91 Å². The second-order valence-corrected chi connectivity index (χ2v) is 5.16. The molecule has 104 valence electrons. The van der Waals surface area contributed by atoms with Crippen LogP contribution in [0.1, 0.15) is 30.6 Å². The number of likely N-dealkylation sites (tertiary alicyclic amines) is 1. The van der Waals surface area contributed by atoms with Crippen molar-refractivity contribution in [3.63, 3.8) is 0 Å². The Labute approximate surface area is 110 Å². The van der Waals surface area contributed by atoms with Gasteiger partial charge in [0, 0.05) is 12.1 Å². The quantitative estimate of drug-likeness (QED) is 0.765. The van der Waals surface area contributed by atoms with E-state index in [9.17, 15) is 18.0 Å². The molecule has 0 bridgehead atoms. The molecule has 1 fully saturated rings. The Kier molecular flexibility index (Phi) is 3.32. The molecule has 1 saturated heterocycles. The fourth-order valence-electron chi connectivity index (χ4n) is 2.58. The molecule has 1 amide bonds. The van der Waals surface area contributed by atoms with Gasteiger partial charge in [-0.25, -0.2) is 0 Å². The SMILES string of the molecule is C[C@H]1CCN(C(=O)c2ccccc2)[C@]1(C)C(F)(F)F. The number of nitrogens with zero attached hydrogens (tertiary/aromatic N) is 1. The van der Waals surface area contributed by atoms with Gasteiger partial charge >= 0.3 is 6.18 Å². The van der Waals surface area contributed by atoms with E-state index in [4.69, 9.17) is 0 Å². The van der Waals surface area contributed by atoms with Gasteiger partial charge < -0.3 is 4.90 Å². The van der Waals surface area contributed by atoms with E-state index in [0.717, 1.165) is 11.8 Å². The van der Waals surface area contributed by atoms with Crippen LogP contribution in [0.2, 0.25) is 0 Å². The Morgan fingerprint density at radius 3 is 2.42 bits per heavy atom. The molecule has 1 aliphatic heterocycles. The van der Waals surface area contributed by atoms with Crippen molar-refractivity contribution in [1.82, 2.24) is 4.90 Å². The van der Waals surface area contributed by atoms with Crippen molar-refractivity contribution in [2.75, 3.05) is 6.54 Å². The van der Waals surface area contributed by atoms with E-state index in [1.807, 2.05) is 0 Å². The van der Waals surface area contributed by atoms with Crippen LogP contribution in [0, 0.1) is 5.92 Å². The zero-order valence-electron chi connectivity index (χ0n) is 10.9. The molecular weight excluding hydrogens is 255 g/mol. The second-order valence-electron chi connectivity index (χ2n) is 5.16. The molecule has 1 aliphatic rings. The summed E-state index contributed by atoms with van der Waals surface area (Å²) in [6, 6.07) is 8.12. The maximum absolute atomic E-state index is 13.3. The number of rotatable bonds is 1. The Morgan fingerprint density at radius 1 is 1.32 bits per heavy atom. The van der Waals surface area contributed by atoms with Crippen LogP contribution in [0.25, 0.3) is 0 Å². The first-order chi connectivity index (χ1) is 8.78. The monoisotopic (exact) mass is 271 g/mol. The van der Waals surface area contributed by atoms with Crippen LogP contribution in [0.4, 0.5) is 13.2 Å². The molecule has 1 aromatic carbocycles. The molecule has 2 rings (SSSR count). The number of alkyl halides is 3. The molecule has 0 saturated carbocycles. The van der Waals surface area contributed by atoms with Gasteiger partial charge in [0.05, 0.1) is 0 Å². The number of amides is 1. The maximum Gasteiger partial charge on any atom is 0.411 e. The first-order valence-corrected chi connectivity index (χ1v) is 6.22. The molecule has 2 nitrogen and oxygen atoms in total. The molecule has 0 radical (unpaired) electrons. The van der Waals surface area contributed by atoms with Crippen molar-refractivity contribution < 1.29 is 18.0 Å². The molecule has 2 atom stereocenters. The third kappa shape index (κ3) is 2.11. The Morgan fingerprint density at radius 2 is 1.89 bits per heavy atom. The summed E-state index contributed by atoms with van der Waals surface area (Å²) in [5.74, 6) is -1.15. The van der Waals surface area contributed by atoms with Gasteiger partial charge in [-0.2, -0.15) is 13.2 Å². The maximum atomic E-state index is 13.3. The lowest BCUT2D eigenvalue weighted by Gasteiger charge is -2.39. The van der Waals surface area contributed by atoms with Crippen molar-refractivity contribution in [2.45, 2.75) is 32.0 Å². The van der Waals surface area contributed by atoms with E-state index < -0.39 is 23.5 Å². The van der Waals surface area contributed by atoms with Gasteiger partial charge in [0.1, 0.15) is 5.54 Å². The number of carbonyl (C=O) groups excluding carboxylic acids is 1. The molecule has 0 N–H and O–H groups in total. The minimum Gasteiger partial charge on any atom is -0.324 e. The van der Waals surface area contributed by atoms with Crippen molar-refractivity contribution >= 4 is 5.91 Å². The first-order valence-electron chi connectivity index (χ1n) is 6.22. The summed E-state index contributed by atoms with van der Waals surface area (Å²) in [5, 5.41) is 0. The number of hydrogen-bond donors (Lipinski definition) is 0. The van der Waals surface area contributed by atoms with Crippen LogP contribution >= 0.6 is 0 Å². The largest absolute Gasteiger partial charge is 0.411 e. The highest BCUT2D eigenvalue weighted by molar-refractivity contribution is 5.95. The van der Waals surface area contributed by atoms with Crippen LogP contribution in [-0.4, -0.2) is 29.1 Å². The minimum absolute atomic E-state index is 0.144. The predicted octanol–water partition coefficient (Wildman–Crippen LogP) is 3.49. The molecule has 0 unspecified atom stereocenters. The van der Waals surface area contributed by atoms with Crippen molar-refractivity contribution in [1.29, 1.82) is 0 Å². The summed E-state index contributed by atoms with van der Waals surface area (Å²) in [6.45, 7) is 2.81. The summed E-state index contributed by atoms with van der Waals surface area (Å²) in [7, 11) is 0. The summed E-state index contributed by atoms with van der Waals surface area (Å²) in [4.78, 5) is 13.2. The molecule has 0 aliphatic carbocycles. The van der Waals surface area contributed by atoms with Gasteiger partial charge in [-0.3, -0.25) is 4.79 Å². The topological polar surface area (TPSA) is 20.3 Å². The number of halogens is 3. The fourth-order valence-corrected chi connectivity index (χ4v) is 2.58. The van der Waals surface area contributed by atoms with Gasteiger partial charge in [-0.05, 0) is 31.4 Å². The lowest BCUT2D eigenvalue weighted by molar-refractivity contribution is -0.219. The van der Waals surface area contributed by atoms with E-state index in [0.29, 0.717) is 12.0 Å². The van der Waals surface area contributed by atoms with Gasteiger partial charge in [0.2, 0.25) is 0 Å². The number of carbonyl (C=O) groups is 1. The summed E-state index contributed by atoms with van der Waals surface area (Å²) in [5.41, 5.74) is -1.79. The molecule has 5 heteroatoms. The smallest absolute Gasteiger partial charge is 0.324 e. The Hall–Kier alpha value is -1.52. The van der Waals surface area contributed by atoms with Crippen LogP contribution < -0.4 is 0 Å². The number of hydrogen-bond acceptors (Lipinski definition) is 1. The van der Waals surface area contributed by atoms with E-state index in [-0.39, 0.29) is 6.54 Å². The minimum atomic E-state index is -4.42. The van der Waals surface area contributed by atoms with Crippen molar-refractivity contribution in [3.05, 3.63) is 35.9 Å². The van der Waals surface area contributed by atoms with Crippen LogP contribution in [0.3, 0.4) is 0 Å². The third-order valence-electron chi connectivity index (χ3n) is 4.15. The van der Waals surface area contributed by atoms with Gasteiger partial charge in [-0.1, -0.05) is 25.1 Å². The first kappa shape index (κ1) is 13.9. The molecule has 19 heavy (non-hydrogen) atoms. The molecule has 0 spiro atoms. The molecular formula is C14H16F3NO. The van der Waals surface area contributed by atoms with Crippen LogP contribution in [-0.2, 0) is 0 Å². The average Bonchev–Trinajstić information content (AvgIpc) is 2.67. The molecule has 1 aromatic rings. The second kappa shape index (κ2) is 4.54. The van der Waals surface area contributed by atoms with E-state index in [1.165, 1.54) is 0 Å². The Bertz CT molecular complexity index is 471.